The molecule has 1 aliphatic rings. The number of sulfonamides is 2. The summed E-state index contributed by atoms with van der Waals surface area (Å²) in [6.45, 7) is 1.50. The third-order valence-corrected chi connectivity index (χ3v) is 7.92. The van der Waals surface area contributed by atoms with Gasteiger partial charge in [-0.05, 0) is 54.9 Å². The van der Waals surface area contributed by atoms with E-state index >= 15 is 0 Å². The lowest BCUT2D eigenvalue weighted by molar-refractivity contribution is 0.273. The molecule has 2 aromatic rings. The first-order valence-corrected chi connectivity index (χ1v) is 13.1. The van der Waals surface area contributed by atoms with Gasteiger partial charge >= 0.3 is 0 Å². The van der Waals surface area contributed by atoms with Crippen LogP contribution in [-0.4, -0.2) is 47.0 Å². The van der Waals surface area contributed by atoms with Gasteiger partial charge in [-0.15, -0.1) is 0 Å². The Morgan fingerprint density at radius 2 is 1.48 bits per heavy atom. The van der Waals surface area contributed by atoms with Gasteiger partial charge in [-0.3, -0.25) is 0 Å². The van der Waals surface area contributed by atoms with Gasteiger partial charge in [0.05, 0.1) is 11.2 Å². The number of piperidine rings is 1. The normalized spacial score (nSPS) is 16.7. The average Bonchev–Trinajstić information content (AvgIpc) is 2.69. The van der Waals surface area contributed by atoms with Crippen LogP contribution in [-0.2, 0) is 32.9 Å². The smallest absolute Gasteiger partial charge is 0.215 e. The van der Waals surface area contributed by atoms with Gasteiger partial charge in [-0.25, -0.2) is 21.6 Å². The van der Waals surface area contributed by atoms with E-state index in [1.165, 1.54) is 5.56 Å². The van der Waals surface area contributed by atoms with Crippen LogP contribution in [0.1, 0.15) is 24.0 Å². The Bertz CT molecular complexity index is 996. The van der Waals surface area contributed by atoms with Crippen LogP contribution in [0, 0.1) is 5.92 Å². The van der Waals surface area contributed by atoms with E-state index in [2.05, 4.69) is 16.9 Å². The summed E-state index contributed by atoms with van der Waals surface area (Å²) in [6.07, 6.45) is 4.45. The summed E-state index contributed by atoms with van der Waals surface area (Å²) >= 11 is 0. The molecule has 1 saturated heterocycles. The molecule has 0 aromatic heterocycles. The van der Waals surface area contributed by atoms with Crippen LogP contribution >= 0.6 is 0 Å². The van der Waals surface area contributed by atoms with E-state index in [9.17, 15) is 16.8 Å². The fourth-order valence-electron chi connectivity index (χ4n) is 3.65. The molecule has 29 heavy (non-hydrogen) atoms. The first kappa shape index (κ1) is 22.0. The maximum atomic E-state index is 12.7. The molecule has 6 nitrogen and oxygen atoms in total. The molecule has 0 unspecified atom stereocenters. The van der Waals surface area contributed by atoms with Crippen molar-refractivity contribution in [2.45, 2.75) is 30.6 Å². The Hall–Kier alpha value is -1.74. The predicted molar refractivity (Wildman–Crippen MR) is 115 cm³/mol. The molecule has 0 aliphatic carbocycles. The molecular weight excluding hydrogens is 408 g/mol. The highest BCUT2D eigenvalue weighted by Gasteiger charge is 2.29. The van der Waals surface area contributed by atoms with E-state index in [1.54, 1.807) is 28.6 Å². The van der Waals surface area contributed by atoms with E-state index in [1.807, 2.05) is 18.2 Å². The minimum atomic E-state index is -3.40. The van der Waals surface area contributed by atoms with Crippen LogP contribution in [0.2, 0.25) is 0 Å². The zero-order chi connectivity index (χ0) is 20.9. The number of hydrogen-bond acceptors (Lipinski definition) is 4. The molecule has 0 radical (unpaired) electrons. The van der Waals surface area contributed by atoms with Gasteiger partial charge in [-0.2, -0.15) is 4.31 Å². The summed E-state index contributed by atoms with van der Waals surface area (Å²) in [5.74, 6) is 0.468. The van der Waals surface area contributed by atoms with Gasteiger partial charge in [0.2, 0.25) is 20.0 Å². The molecule has 2 aromatic carbocycles. The quantitative estimate of drug-likeness (QED) is 0.689. The van der Waals surface area contributed by atoms with E-state index in [-0.39, 0.29) is 0 Å². The summed E-state index contributed by atoms with van der Waals surface area (Å²) in [6, 6.07) is 16.9. The molecule has 1 heterocycles. The minimum absolute atomic E-state index is 0.361. The number of benzene rings is 2. The summed E-state index contributed by atoms with van der Waals surface area (Å²) in [5.41, 5.74) is 2.32. The van der Waals surface area contributed by atoms with Gasteiger partial charge in [-0.1, -0.05) is 42.5 Å². The van der Waals surface area contributed by atoms with E-state index in [0.717, 1.165) is 31.1 Å². The van der Waals surface area contributed by atoms with Crippen LogP contribution in [0.4, 0.5) is 0 Å². The summed E-state index contributed by atoms with van der Waals surface area (Å²) in [5, 5.41) is 0. The lowest BCUT2D eigenvalue weighted by atomic mass is 9.90. The standard InChI is InChI=1S/C21H28N2O4S2/c1-28(24,25)22-14-11-18-7-9-19(10-8-18)17-20-12-15-23(16-13-20)29(26,27)21-5-3-2-4-6-21/h2-10,20,22H,11-17H2,1H3. The van der Waals surface area contributed by atoms with Crippen molar-refractivity contribution in [1.29, 1.82) is 0 Å². The number of rotatable bonds is 8. The first-order valence-electron chi connectivity index (χ1n) is 9.82. The molecule has 0 atom stereocenters. The van der Waals surface area contributed by atoms with Crippen LogP contribution in [0.25, 0.3) is 0 Å². The number of nitrogens with zero attached hydrogens (tertiary/aromatic N) is 1. The van der Waals surface area contributed by atoms with E-state index in [4.69, 9.17) is 0 Å². The largest absolute Gasteiger partial charge is 0.243 e. The van der Waals surface area contributed by atoms with Crippen molar-refractivity contribution in [3.8, 4) is 0 Å². The van der Waals surface area contributed by atoms with Crippen molar-refractivity contribution in [1.82, 2.24) is 9.03 Å². The minimum Gasteiger partial charge on any atom is -0.215 e. The molecule has 0 bridgehead atoms. The maximum Gasteiger partial charge on any atom is 0.243 e. The van der Waals surface area contributed by atoms with Gasteiger partial charge in [0.25, 0.3) is 0 Å². The van der Waals surface area contributed by atoms with Gasteiger partial charge < -0.3 is 0 Å². The Morgan fingerprint density at radius 3 is 2.07 bits per heavy atom. The molecule has 158 valence electrons. The highest BCUT2D eigenvalue weighted by Crippen LogP contribution is 2.26. The molecular formula is C21H28N2O4S2. The van der Waals surface area contributed by atoms with Gasteiger partial charge in [0, 0.05) is 19.6 Å². The molecule has 1 aliphatic heterocycles. The van der Waals surface area contributed by atoms with Crippen molar-refractivity contribution >= 4 is 20.0 Å². The third-order valence-electron chi connectivity index (χ3n) is 5.28. The molecule has 0 amide bonds. The molecule has 1 fully saturated rings. The fraction of sp³-hybridized carbons (Fsp3) is 0.429. The Morgan fingerprint density at radius 1 is 0.897 bits per heavy atom. The second-order valence-electron chi connectivity index (χ2n) is 7.60. The molecule has 8 heteroatoms. The highest BCUT2D eigenvalue weighted by atomic mass is 32.2. The van der Waals surface area contributed by atoms with Crippen LogP contribution < -0.4 is 4.72 Å². The topological polar surface area (TPSA) is 83.6 Å². The molecule has 3 rings (SSSR count). The Labute approximate surface area is 174 Å². The second-order valence-corrected chi connectivity index (χ2v) is 11.4. The van der Waals surface area contributed by atoms with Crippen molar-refractivity contribution in [2.75, 3.05) is 25.9 Å². The lowest BCUT2D eigenvalue weighted by Gasteiger charge is -2.31. The van der Waals surface area contributed by atoms with E-state index < -0.39 is 20.0 Å². The van der Waals surface area contributed by atoms with Gasteiger partial charge in [0.1, 0.15) is 0 Å². The third kappa shape index (κ3) is 6.37. The number of hydrogen-bond donors (Lipinski definition) is 1. The van der Waals surface area contributed by atoms with Gasteiger partial charge in [0.15, 0.2) is 0 Å². The van der Waals surface area contributed by atoms with Crippen LogP contribution in [0.3, 0.4) is 0 Å². The highest BCUT2D eigenvalue weighted by molar-refractivity contribution is 7.89. The SMILES string of the molecule is CS(=O)(=O)NCCc1ccc(CC2CCN(S(=O)(=O)c3ccccc3)CC2)cc1. The Kier molecular flexibility index (Phi) is 7.10. The van der Waals surface area contributed by atoms with Crippen molar-refractivity contribution < 1.29 is 16.8 Å². The van der Waals surface area contributed by atoms with Crippen LogP contribution in [0.15, 0.2) is 59.5 Å². The molecule has 0 saturated carbocycles. The Balaban J connectivity index is 1.49. The predicted octanol–water partition coefficient (Wildman–Crippen LogP) is 2.42. The monoisotopic (exact) mass is 436 g/mol. The first-order chi connectivity index (χ1) is 13.7. The lowest BCUT2D eigenvalue weighted by Crippen LogP contribution is -2.38. The van der Waals surface area contributed by atoms with E-state index in [0.29, 0.717) is 36.9 Å². The summed E-state index contributed by atoms with van der Waals surface area (Å²) in [7, 11) is -6.55. The molecule has 1 N–H and O–H groups in total. The summed E-state index contributed by atoms with van der Waals surface area (Å²) in [4.78, 5) is 0.361. The van der Waals surface area contributed by atoms with Crippen molar-refractivity contribution in [3.05, 3.63) is 65.7 Å². The second kappa shape index (κ2) is 9.38. The fourth-order valence-corrected chi connectivity index (χ4v) is 5.62. The van der Waals surface area contributed by atoms with Crippen molar-refractivity contribution in [2.24, 2.45) is 5.92 Å². The average molecular weight is 437 g/mol. The summed E-state index contributed by atoms with van der Waals surface area (Å²) < 4.78 is 51.8. The molecule has 0 spiro atoms. The van der Waals surface area contributed by atoms with Crippen molar-refractivity contribution in [3.63, 3.8) is 0 Å². The maximum absolute atomic E-state index is 12.7. The van der Waals surface area contributed by atoms with Crippen LogP contribution in [0.5, 0.6) is 0 Å². The zero-order valence-corrected chi connectivity index (χ0v) is 18.3. The number of nitrogens with one attached hydrogen (secondary N) is 1. The zero-order valence-electron chi connectivity index (χ0n) is 16.6.